The fourth-order valence-electron chi connectivity index (χ4n) is 3.81. The topological polar surface area (TPSA) is 56.5 Å². The van der Waals surface area contributed by atoms with Gasteiger partial charge in [-0.25, -0.2) is 19.6 Å². The van der Waals surface area contributed by atoms with E-state index in [2.05, 4.69) is 62.5 Å². The number of pyridine rings is 1. The second-order valence-corrected chi connectivity index (χ2v) is 8.17. The average molecular weight is 383 g/mol. The smallest absolute Gasteiger partial charge is 0.162 e. The zero-order chi connectivity index (χ0) is 18.5. The molecule has 1 aromatic carbocycles. The maximum absolute atomic E-state index is 4.95. The highest BCUT2D eigenvalue weighted by Crippen LogP contribution is 2.36. The zero-order valence-corrected chi connectivity index (χ0v) is 15.9. The number of hydrogen-bond donors (Lipinski definition) is 0. The molecule has 4 aromatic heterocycles. The van der Waals surface area contributed by atoms with Crippen molar-refractivity contribution < 1.29 is 0 Å². The molecule has 0 aliphatic heterocycles. The lowest BCUT2D eigenvalue weighted by molar-refractivity contribution is 0.296. The van der Waals surface area contributed by atoms with Gasteiger partial charge in [-0.1, -0.05) is 24.3 Å². The number of rotatable bonds is 3. The normalized spacial score (nSPS) is 14.6. The quantitative estimate of drug-likeness (QED) is 0.413. The van der Waals surface area contributed by atoms with Crippen molar-refractivity contribution in [3.05, 3.63) is 60.4 Å². The molecule has 1 aliphatic carbocycles. The minimum Gasteiger partial charge on any atom is -0.247 e. The molecule has 5 nitrogen and oxygen atoms in total. The van der Waals surface area contributed by atoms with Crippen LogP contribution in [0.3, 0.4) is 0 Å². The van der Waals surface area contributed by atoms with Crippen molar-refractivity contribution in [2.45, 2.75) is 25.3 Å². The van der Waals surface area contributed by atoms with Gasteiger partial charge in [-0.05, 0) is 42.8 Å². The maximum Gasteiger partial charge on any atom is 0.162 e. The van der Waals surface area contributed by atoms with E-state index in [4.69, 9.17) is 10.1 Å². The Bertz CT molecular complexity index is 1300. The average Bonchev–Trinajstić information content (AvgIpc) is 3.35. The van der Waals surface area contributed by atoms with Crippen LogP contribution in [0.5, 0.6) is 0 Å². The second kappa shape index (κ2) is 6.21. The van der Waals surface area contributed by atoms with Gasteiger partial charge in [0.25, 0.3) is 0 Å². The van der Waals surface area contributed by atoms with E-state index >= 15 is 0 Å². The van der Waals surface area contributed by atoms with Gasteiger partial charge in [0.15, 0.2) is 5.65 Å². The van der Waals surface area contributed by atoms with Gasteiger partial charge in [0, 0.05) is 17.1 Å². The van der Waals surface area contributed by atoms with Crippen LogP contribution in [0, 0.1) is 0 Å². The first-order valence-corrected chi connectivity index (χ1v) is 10.4. The largest absolute Gasteiger partial charge is 0.247 e. The van der Waals surface area contributed by atoms with E-state index in [9.17, 15) is 0 Å². The summed E-state index contributed by atoms with van der Waals surface area (Å²) in [6.07, 6.45) is 7.09. The summed E-state index contributed by atoms with van der Waals surface area (Å²) in [5, 5.41) is 9.16. The van der Waals surface area contributed by atoms with Crippen LogP contribution >= 0.6 is 11.3 Å². The highest BCUT2D eigenvalue weighted by atomic mass is 32.1. The Kier molecular flexibility index (Phi) is 3.52. The number of benzene rings is 1. The molecule has 6 rings (SSSR count). The van der Waals surface area contributed by atoms with E-state index in [1.54, 1.807) is 17.7 Å². The summed E-state index contributed by atoms with van der Waals surface area (Å²) in [5.41, 5.74) is 4.91. The molecule has 5 aromatic rings. The Balaban J connectivity index is 1.52. The third-order valence-corrected chi connectivity index (χ3v) is 6.42. The van der Waals surface area contributed by atoms with Crippen LogP contribution in [0.2, 0.25) is 0 Å². The summed E-state index contributed by atoms with van der Waals surface area (Å²) in [7, 11) is 0. The van der Waals surface area contributed by atoms with Crippen LogP contribution in [-0.2, 0) is 0 Å². The summed E-state index contributed by atoms with van der Waals surface area (Å²) in [5.74, 6) is 0. The Labute approximate surface area is 165 Å². The molecule has 0 unspecified atom stereocenters. The first-order chi connectivity index (χ1) is 13.9. The van der Waals surface area contributed by atoms with Crippen molar-refractivity contribution >= 4 is 33.3 Å². The van der Waals surface area contributed by atoms with Crippen LogP contribution in [0.1, 0.15) is 25.3 Å². The summed E-state index contributed by atoms with van der Waals surface area (Å²) in [6, 6.07) is 15.2. The van der Waals surface area contributed by atoms with Gasteiger partial charge in [-0.2, -0.15) is 5.10 Å². The van der Waals surface area contributed by atoms with E-state index < -0.39 is 0 Å². The lowest BCUT2D eigenvalue weighted by Gasteiger charge is -2.25. The van der Waals surface area contributed by atoms with Gasteiger partial charge in [0.2, 0.25) is 0 Å². The number of hydrogen-bond acceptors (Lipinski definition) is 5. The van der Waals surface area contributed by atoms with Crippen molar-refractivity contribution in [2.75, 3.05) is 0 Å². The van der Waals surface area contributed by atoms with Gasteiger partial charge in [0.1, 0.15) is 12.0 Å². The Hall–Kier alpha value is -3.12. The van der Waals surface area contributed by atoms with Gasteiger partial charge < -0.3 is 0 Å². The zero-order valence-electron chi connectivity index (χ0n) is 15.1. The predicted octanol–water partition coefficient (Wildman–Crippen LogP) is 5.50. The highest BCUT2D eigenvalue weighted by Gasteiger charge is 2.25. The summed E-state index contributed by atoms with van der Waals surface area (Å²) in [4.78, 5) is 14.8. The van der Waals surface area contributed by atoms with E-state index in [-0.39, 0.29) is 0 Å². The molecule has 4 heterocycles. The van der Waals surface area contributed by atoms with E-state index in [0.717, 1.165) is 38.9 Å². The summed E-state index contributed by atoms with van der Waals surface area (Å²) in [6.45, 7) is 0. The molecule has 1 saturated carbocycles. The van der Waals surface area contributed by atoms with Crippen LogP contribution in [-0.4, -0.2) is 24.7 Å². The Morgan fingerprint density at radius 3 is 2.82 bits per heavy atom. The standard InChI is InChI=1S/C22H17N5S/c1-3-16(4-1)27-22-17(12-23-13-24-22)21(26-27)15-7-6-14-8-9-18(25-19(14)11-15)20-5-2-10-28-20/h2,5-13,16H,1,3-4H2. The molecule has 0 bridgehead atoms. The van der Waals surface area contributed by atoms with Crippen LogP contribution in [0.4, 0.5) is 0 Å². The lowest BCUT2D eigenvalue weighted by Crippen LogP contribution is -2.18. The molecule has 0 N–H and O–H groups in total. The third kappa shape index (κ3) is 2.45. The lowest BCUT2D eigenvalue weighted by atomic mass is 9.93. The molecule has 0 saturated heterocycles. The first-order valence-electron chi connectivity index (χ1n) is 9.50. The monoisotopic (exact) mass is 383 g/mol. The second-order valence-electron chi connectivity index (χ2n) is 7.22. The highest BCUT2D eigenvalue weighted by molar-refractivity contribution is 7.13. The molecular weight excluding hydrogens is 366 g/mol. The van der Waals surface area contributed by atoms with Crippen LogP contribution in [0.15, 0.2) is 60.4 Å². The Morgan fingerprint density at radius 1 is 1.07 bits per heavy atom. The van der Waals surface area contributed by atoms with Crippen LogP contribution < -0.4 is 0 Å². The third-order valence-electron chi connectivity index (χ3n) is 5.53. The van der Waals surface area contributed by atoms with E-state index in [1.165, 1.54) is 24.1 Å². The molecule has 0 spiro atoms. The Morgan fingerprint density at radius 2 is 2.00 bits per heavy atom. The van der Waals surface area contributed by atoms with Gasteiger partial charge in [-0.15, -0.1) is 11.3 Å². The molecule has 1 fully saturated rings. The molecule has 0 radical (unpaired) electrons. The first kappa shape index (κ1) is 15.9. The predicted molar refractivity (Wildman–Crippen MR) is 112 cm³/mol. The molecule has 6 heteroatoms. The fraction of sp³-hybridized carbons (Fsp3) is 0.182. The molecule has 0 atom stereocenters. The van der Waals surface area contributed by atoms with E-state index in [1.807, 2.05) is 6.20 Å². The molecule has 1 aliphatic rings. The number of fused-ring (bicyclic) bond motifs is 2. The molecule has 136 valence electrons. The summed E-state index contributed by atoms with van der Waals surface area (Å²) < 4.78 is 2.09. The van der Waals surface area contributed by atoms with Crippen molar-refractivity contribution in [3.63, 3.8) is 0 Å². The maximum atomic E-state index is 4.95. The fourth-order valence-corrected chi connectivity index (χ4v) is 4.50. The molecule has 0 amide bonds. The minimum absolute atomic E-state index is 0.454. The molecular formula is C22H17N5S. The number of nitrogens with zero attached hydrogens (tertiary/aromatic N) is 5. The van der Waals surface area contributed by atoms with Crippen molar-refractivity contribution in [1.82, 2.24) is 24.7 Å². The van der Waals surface area contributed by atoms with Gasteiger partial charge >= 0.3 is 0 Å². The van der Waals surface area contributed by atoms with Crippen molar-refractivity contribution in [3.8, 4) is 21.8 Å². The SMILES string of the molecule is c1csc(-c2ccc3ccc(-c4nn(C5CCC5)c5ncncc45)cc3n2)c1. The van der Waals surface area contributed by atoms with Crippen molar-refractivity contribution in [2.24, 2.45) is 0 Å². The minimum atomic E-state index is 0.454. The molecule has 28 heavy (non-hydrogen) atoms. The van der Waals surface area contributed by atoms with E-state index in [0.29, 0.717) is 6.04 Å². The summed E-state index contributed by atoms with van der Waals surface area (Å²) >= 11 is 1.71. The van der Waals surface area contributed by atoms with Gasteiger partial charge in [-0.3, -0.25) is 0 Å². The van der Waals surface area contributed by atoms with Crippen molar-refractivity contribution in [1.29, 1.82) is 0 Å². The number of aromatic nitrogens is 5. The van der Waals surface area contributed by atoms with Crippen LogP contribution in [0.25, 0.3) is 43.8 Å². The van der Waals surface area contributed by atoms with Gasteiger partial charge in [0.05, 0.1) is 27.5 Å². The number of thiophene rings is 1.